The van der Waals surface area contributed by atoms with Crippen LogP contribution in [0.3, 0.4) is 0 Å². The highest BCUT2D eigenvalue weighted by molar-refractivity contribution is 6.31. The number of hydrogen-bond acceptors (Lipinski definition) is 5. The van der Waals surface area contributed by atoms with Gasteiger partial charge in [-0.2, -0.15) is 0 Å². The van der Waals surface area contributed by atoms with E-state index >= 15 is 0 Å². The van der Waals surface area contributed by atoms with Gasteiger partial charge in [0.1, 0.15) is 5.82 Å². The number of anilines is 1. The number of nitrogens with two attached hydrogens (primary N) is 1. The highest BCUT2D eigenvalue weighted by Crippen LogP contribution is 2.25. The lowest BCUT2D eigenvalue weighted by Crippen LogP contribution is -2.39. The maximum absolute atomic E-state index is 12.8. The number of aromatic nitrogens is 1. The van der Waals surface area contributed by atoms with Gasteiger partial charge in [-0.05, 0) is 69.2 Å². The number of carbonyl (C=O) groups excluding carboxylic acids is 1. The number of allylic oxidation sites excluding steroid dienone is 4. The van der Waals surface area contributed by atoms with Gasteiger partial charge in [-0.3, -0.25) is 4.79 Å². The van der Waals surface area contributed by atoms with Crippen LogP contribution >= 0.6 is 11.6 Å². The Bertz CT molecular complexity index is 819. The van der Waals surface area contributed by atoms with Crippen molar-refractivity contribution in [2.24, 2.45) is 11.7 Å². The minimum atomic E-state index is -0.118. The third-order valence-corrected chi connectivity index (χ3v) is 5.37. The van der Waals surface area contributed by atoms with Gasteiger partial charge in [0.05, 0.1) is 10.6 Å². The first-order chi connectivity index (χ1) is 14.2. The smallest absolute Gasteiger partial charge is 0.255 e. The van der Waals surface area contributed by atoms with E-state index in [1.165, 1.54) is 0 Å². The standard InChI is InChI=1S/C23H34ClN5O/c1-15(10-16(2)25)11-17(3)26-13-18-6-8-20(9-7-18)28-23(30)21-12-19(24)14-27-22(21)29(4)5/h10-12,14,18,20,26H,3,6-9,13,25H2,1-2,4-5H3,(H,28,30)/b15-11-,16-10-/t18-,20-. The van der Waals surface area contributed by atoms with Crippen molar-refractivity contribution in [3.05, 3.63) is 58.5 Å². The minimum Gasteiger partial charge on any atom is -0.402 e. The highest BCUT2D eigenvalue weighted by atomic mass is 35.5. The number of nitrogens with one attached hydrogen (secondary N) is 2. The first-order valence-corrected chi connectivity index (χ1v) is 10.7. The first kappa shape index (κ1) is 23.8. The first-order valence-electron chi connectivity index (χ1n) is 10.3. The van der Waals surface area contributed by atoms with Crippen LogP contribution in [0.25, 0.3) is 0 Å². The zero-order chi connectivity index (χ0) is 22.3. The summed E-state index contributed by atoms with van der Waals surface area (Å²) in [6, 6.07) is 1.85. The van der Waals surface area contributed by atoms with Crippen LogP contribution in [0.1, 0.15) is 49.9 Å². The summed E-state index contributed by atoms with van der Waals surface area (Å²) in [7, 11) is 3.73. The predicted octanol–water partition coefficient (Wildman–Crippen LogP) is 4.00. The molecule has 164 valence electrons. The molecular weight excluding hydrogens is 398 g/mol. The van der Waals surface area contributed by atoms with Gasteiger partial charge in [0.2, 0.25) is 0 Å². The van der Waals surface area contributed by atoms with Crippen molar-refractivity contribution in [2.45, 2.75) is 45.6 Å². The van der Waals surface area contributed by atoms with Gasteiger partial charge in [-0.1, -0.05) is 18.2 Å². The molecule has 0 unspecified atom stereocenters. The summed E-state index contributed by atoms with van der Waals surface area (Å²) < 4.78 is 0. The molecule has 0 aliphatic heterocycles. The van der Waals surface area contributed by atoms with Gasteiger partial charge in [0.25, 0.3) is 5.91 Å². The Labute approximate surface area is 185 Å². The third-order valence-electron chi connectivity index (χ3n) is 5.16. The third kappa shape index (κ3) is 7.41. The van der Waals surface area contributed by atoms with Crippen LogP contribution in [0.15, 0.2) is 48.0 Å². The number of hydrogen-bond donors (Lipinski definition) is 3. The predicted molar refractivity (Wildman–Crippen MR) is 126 cm³/mol. The van der Waals surface area contributed by atoms with Gasteiger partial charge in [0.15, 0.2) is 0 Å². The Balaban J connectivity index is 1.83. The van der Waals surface area contributed by atoms with Crippen molar-refractivity contribution in [1.29, 1.82) is 0 Å². The van der Waals surface area contributed by atoms with E-state index in [1.54, 1.807) is 12.3 Å². The fraction of sp³-hybridized carbons (Fsp3) is 0.478. The summed E-state index contributed by atoms with van der Waals surface area (Å²) in [5.41, 5.74) is 8.96. The number of rotatable bonds is 8. The SMILES string of the molecule is C=C(/C=C(C)\C=C(\C)N)NC[C@H]1CC[C@H](NC(=O)c2cc(Cl)cnc2N(C)C)CC1. The molecule has 1 fully saturated rings. The molecule has 0 radical (unpaired) electrons. The normalized spacial score (nSPS) is 19.9. The Kier molecular flexibility index (Phi) is 8.78. The summed E-state index contributed by atoms with van der Waals surface area (Å²) in [5, 5.41) is 7.03. The van der Waals surface area contributed by atoms with E-state index in [0.29, 0.717) is 22.3 Å². The van der Waals surface area contributed by atoms with E-state index in [0.717, 1.165) is 49.2 Å². The molecule has 2 rings (SSSR count). The molecule has 7 heteroatoms. The Morgan fingerprint density at radius 2 is 1.97 bits per heavy atom. The molecule has 0 aromatic carbocycles. The lowest BCUT2D eigenvalue weighted by atomic mass is 9.86. The van der Waals surface area contributed by atoms with E-state index in [-0.39, 0.29) is 11.9 Å². The highest BCUT2D eigenvalue weighted by Gasteiger charge is 2.24. The van der Waals surface area contributed by atoms with E-state index in [4.69, 9.17) is 17.3 Å². The molecule has 0 spiro atoms. The van der Waals surface area contributed by atoms with Crippen LogP contribution in [-0.4, -0.2) is 37.6 Å². The molecule has 0 atom stereocenters. The molecule has 1 aliphatic carbocycles. The zero-order valence-corrected chi connectivity index (χ0v) is 19.2. The fourth-order valence-corrected chi connectivity index (χ4v) is 3.89. The monoisotopic (exact) mass is 431 g/mol. The zero-order valence-electron chi connectivity index (χ0n) is 18.5. The molecule has 6 nitrogen and oxygen atoms in total. The summed E-state index contributed by atoms with van der Waals surface area (Å²) in [4.78, 5) is 18.9. The van der Waals surface area contributed by atoms with E-state index < -0.39 is 0 Å². The maximum Gasteiger partial charge on any atom is 0.255 e. The molecular formula is C23H34ClN5O. The van der Waals surface area contributed by atoms with Gasteiger partial charge in [-0.25, -0.2) is 4.98 Å². The molecule has 1 aromatic rings. The van der Waals surface area contributed by atoms with Gasteiger partial charge < -0.3 is 21.3 Å². The topological polar surface area (TPSA) is 83.3 Å². The summed E-state index contributed by atoms with van der Waals surface area (Å²) in [6.45, 7) is 8.83. The second-order valence-electron chi connectivity index (χ2n) is 8.29. The number of nitrogens with zero attached hydrogens (tertiary/aromatic N) is 2. The van der Waals surface area contributed by atoms with Crippen LogP contribution in [0.4, 0.5) is 5.82 Å². The average Bonchev–Trinajstić information content (AvgIpc) is 2.66. The molecule has 30 heavy (non-hydrogen) atoms. The quantitative estimate of drug-likeness (QED) is 0.542. The molecule has 1 saturated carbocycles. The number of carbonyl (C=O) groups is 1. The second-order valence-corrected chi connectivity index (χ2v) is 8.73. The molecule has 1 heterocycles. The van der Waals surface area contributed by atoms with Crippen molar-refractivity contribution < 1.29 is 4.79 Å². The summed E-state index contributed by atoms with van der Waals surface area (Å²) >= 11 is 6.06. The number of amides is 1. The van der Waals surface area contributed by atoms with Gasteiger partial charge in [0, 0.05) is 44.3 Å². The lowest BCUT2D eigenvalue weighted by molar-refractivity contribution is 0.0922. The van der Waals surface area contributed by atoms with Crippen molar-refractivity contribution in [1.82, 2.24) is 15.6 Å². The number of halogens is 1. The fourth-order valence-electron chi connectivity index (χ4n) is 3.73. The van der Waals surface area contributed by atoms with Crippen LogP contribution < -0.4 is 21.3 Å². The van der Waals surface area contributed by atoms with Crippen LogP contribution in [0.5, 0.6) is 0 Å². The molecule has 1 aromatic heterocycles. The Hall–Kier alpha value is -2.47. The van der Waals surface area contributed by atoms with Crippen LogP contribution in [0.2, 0.25) is 5.02 Å². The second kappa shape index (κ2) is 11.1. The van der Waals surface area contributed by atoms with E-state index in [1.807, 2.05) is 45.0 Å². The van der Waals surface area contributed by atoms with E-state index in [9.17, 15) is 4.79 Å². The molecule has 0 bridgehead atoms. The van der Waals surface area contributed by atoms with Crippen molar-refractivity contribution in [3.8, 4) is 0 Å². The van der Waals surface area contributed by atoms with Crippen molar-refractivity contribution >= 4 is 23.3 Å². The summed E-state index contributed by atoms with van der Waals surface area (Å²) in [6.07, 6.45) is 9.53. The Morgan fingerprint density at radius 3 is 2.57 bits per heavy atom. The minimum absolute atomic E-state index is 0.118. The molecule has 1 aliphatic rings. The van der Waals surface area contributed by atoms with Gasteiger partial charge >= 0.3 is 0 Å². The lowest BCUT2D eigenvalue weighted by Gasteiger charge is -2.30. The Morgan fingerprint density at radius 1 is 1.30 bits per heavy atom. The van der Waals surface area contributed by atoms with Crippen molar-refractivity contribution in [3.63, 3.8) is 0 Å². The van der Waals surface area contributed by atoms with Crippen LogP contribution in [0, 0.1) is 5.92 Å². The maximum atomic E-state index is 12.8. The largest absolute Gasteiger partial charge is 0.402 e. The van der Waals surface area contributed by atoms with Gasteiger partial charge in [-0.15, -0.1) is 0 Å². The molecule has 1 amide bonds. The van der Waals surface area contributed by atoms with E-state index in [2.05, 4.69) is 22.2 Å². The van der Waals surface area contributed by atoms with Crippen LogP contribution in [-0.2, 0) is 0 Å². The molecule has 4 N–H and O–H groups in total. The average molecular weight is 432 g/mol. The summed E-state index contributed by atoms with van der Waals surface area (Å²) in [5.74, 6) is 1.07. The molecule has 0 saturated heterocycles. The van der Waals surface area contributed by atoms with Crippen molar-refractivity contribution in [2.75, 3.05) is 25.5 Å². The number of pyridine rings is 1.